The molecule has 0 saturated carbocycles. The zero-order valence-corrected chi connectivity index (χ0v) is 15.3. The van der Waals surface area contributed by atoms with E-state index in [2.05, 4.69) is 13.2 Å². The fourth-order valence-corrected chi connectivity index (χ4v) is 7.54. The average Bonchev–Trinajstić information content (AvgIpc) is 2.75. The largest absolute Gasteiger partial charge is 0.392 e. The summed E-state index contributed by atoms with van der Waals surface area (Å²) in [4.78, 5) is 24.9. The molecule has 0 aromatic heterocycles. The molecule has 1 atom stereocenters. The fraction of sp³-hybridized carbons (Fsp3) is 0.667. The monoisotopic (exact) mass is 340 g/mol. The van der Waals surface area contributed by atoms with Crippen molar-refractivity contribution in [3.63, 3.8) is 0 Å². The minimum absolute atomic E-state index is 0.288. The summed E-state index contributed by atoms with van der Waals surface area (Å²) in [7, 11) is -2.87. The molecule has 1 saturated heterocycles. The Kier molecular flexibility index (Phi) is 7.47. The number of allylic oxidation sites excluding steroid dienone is 2. The summed E-state index contributed by atoms with van der Waals surface area (Å²) in [5, 5.41) is 0. The molecule has 130 valence electrons. The lowest BCUT2D eigenvalue weighted by Crippen LogP contribution is -2.38. The summed E-state index contributed by atoms with van der Waals surface area (Å²) < 4.78 is 18.7. The van der Waals surface area contributed by atoms with E-state index < -0.39 is 30.2 Å². The molecule has 0 aromatic rings. The molecule has 0 aliphatic carbocycles. The first kappa shape index (κ1) is 19.9. The van der Waals surface area contributed by atoms with Crippen LogP contribution in [0.5, 0.6) is 0 Å². The van der Waals surface area contributed by atoms with E-state index in [-0.39, 0.29) is 12.8 Å². The molecule has 0 aromatic carbocycles. The molecule has 4 nitrogen and oxygen atoms in total. The number of carbonyl (C=O) groups excluding carboxylic acids is 2. The second-order valence-electron chi connectivity index (χ2n) is 6.36. The van der Waals surface area contributed by atoms with Gasteiger partial charge in [-0.3, -0.25) is 9.59 Å². The van der Waals surface area contributed by atoms with Crippen LogP contribution in [0.1, 0.15) is 52.4 Å². The highest BCUT2D eigenvalue weighted by atomic mass is 31.2. The molecule has 0 radical (unpaired) electrons. The van der Waals surface area contributed by atoms with E-state index in [1.54, 1.807) is 12.2 Å². The first-order valence-electron chi connectivity index (χ1n) is 8.47. The second-order valence-corrected chi connectivity index (χ2v) is 9.68. The van der Waals surface area contributed by atoms with Crippen LogP contribution in [0.2, 0.25) is 0 Å². The Morgan fingerprint density at radius 3 is 1.96 bits per heavy atom. The van der Waals surface area contributed by atoms with Crippen LogP contribution in [0.15, 0.2) is 25.3 Å². The number of esters is 2. The van der Waals surface area contributed by atoms with Crippen molar-refractivity contribution in [1.82, 2.24) is 0 Å². The highest BCUT2D eigenvalue weighted by molar-refractivity contribution is 7.65. The summed E-state index contributed by atoms with van der Waals surface area (Å²) in [6.45, 7) is 11.5. The SMILES string of the molecule is C=CCC1(CC=C)C(=O)OC(=O)C1P(=O)(CCCC)CCCC. The third-order valence-electron chi connectivity index (χ3n) is 4.61. The van der Waals surface area contributed by atoms with E-state index in [4.69, 9.17) is 4.74 Å². The standard InChI is InChI=1S/C18H29O4P/c1-5-9-13-23(21,14-10-6-2)15-16(19)22-17(20)18(15,11-7-3)12-8-4/h7-8,15H,3-6,9-14H2,1-2H3. The molecular weight excluding hydrogens is 311 g/mol. The van der Waals surface area contributed by atoms with Crippen LogP contribution in [0.4, 0.5) is 0 Å². The lowest BCUT2D eigenvalue weighted by molar-refractivity contribution is -0.155. The van der Waals surface area contributed by atoms with Gasteiger partial charge >= 0.3 is 11.9 Å². The molecule has 0 bridgehead atoms. The van der Waals surface area contributed by atoms with Crippen molar-refractivity contribution >= 4 is 19.1 Å². The van der Waals surface area contributed by atoms with Gasteiger partial charge in [-0.15, -0.1) is 13.2 Å². The maximum atomic E-state index is 13.7. The smallest absolute Gasteiger partial charge is 0.325 e. The molecular formula is C18H29O4P. The van der Waals surface area contributed by atoms with Crippen LogP contribution in [0, 0.1) is 5.41 Å². The van der Waals surface area contributed by atoms with E-state index >= 15 is 0 Å². The Balaban J connectivity index is 3.34. The molecule has 0 amide bonds. The highest BCUT2D eigenvalue weighted by Gasteiger charge is 2.62. The quantitative estimate of drug-likeness (QED) is 0.240. The van der Waals surface area contributed by atoms with E-state index in [1.807, 2.05) is 13.8 Å². The van der Waals surface area contributed by atoms with E-state index in [9.17, 15) is 14.2 Å². The topological polar surface area (TPSA) is 60.4 Å². The minimum atomic E-state index is -2.87. The van der Waals surface area contributed by atoms with E-state index in [0.717, 1.165) is 25.7 Å². The van der Waals surface area contributed by atoms with E-state index in [1.165, 1.54) is 0 Å². The van der Waals surface area contributed by atoms with E-state index in [0.29, 0.717) is 12.3 Å². The van der Waals surface area contributed by atoms with Crippen molar-refractivity contribution in [2.75, 3.05) is 12.3 Å². The van der Waals surface area contributed by atoms with Gasteiger partial charge in [0.15, 0.2) is 0 Å². The van der Waals surface area contributed by atoms with Crippen LogP contribution in [-0.2, 0) is 18.9 Å². The number of hydrogen-bond acceptors (Lipinski definition) is 4. The predicted octanol–water partition coefficient (Wildman–Crippen LogP) is 4.54. The molecule has 1 heterocycles. The maximum Gasteiger partial charge on any atom is 0.325 e. The van der Waals surface area contributed by atoms with Gasteiger partial charge in [-0.1, -0.05) is 38.8 Å². The van der Waals surface area contributed by atoms with Crippen molar-refractivity contribution in [3.8, 4) is 0 Å². The van der Waals surface area contributed by atoms with Crippen molar-refractivity contribution in [2.45, 2.75) is 58.0 Å². The third-order valence-corrected chi connectivity index (χ3v) is 8.41. The van der Waals surface area contributed by atoms with Crippen LogP contribution < -0.4 is 0 Å². The molecule has 1 aliphatic heterocycles. The Morgan fingerprint density at radius 1 is 1.09 bits per heavy atom. The summed E-state index contributed by atoms with van der Waals surface area (Å²) in [5.74, 6) is -1.19. The normalized spacial score (nSPS) is 20.3. The first-order valence-corrected chi connectivity index (χ1v) is 10.6. The third kappa shape index (κ3) is 4.03. The van der Waals surface area contributed by atoms with Gasteiger partial charge in [-0.2, -0.15) is 0 Å². The molecule has 0 N–H and O–H groups in total. The van der Waals surface area contributed by atoms with Gasteiger partial charge in [0.25, 0.3) is 0 Å². The molecule has 1 aliphatic rings. The van der Waals surface area contributed by atoms with Gasteiger partial charge in [0, 0.05) is 12.3 Å². The Hall–Kier alpha value is -1.15. The number of rotatable bonds is 11. The van der Waals surface area contributed by atoms with Crippen molar-refractivity contribution in [2.24, 2.45) is 5.41 Å². The average molecular weight is 340 g/mol. The van der Waals surface area contributed by atoms with Crippen LogP contribution in [0.3, 0.4) is 0 Å². The lowest BCUT2D eigenvalue weighted by atomic mass is 9.79. The maximum absolute atomic E-state index is 13.7. The van der Waals surface area contributed by atoms with Gasteiger partial charge < -0.3 is 9.30 Å². The molecule has 23 heavy (non-hydrogen) atoms. The van der Waals surface area contributed by atoms with Crippen molar-refractivity contribution in [1.29, 1.82) is 0 Å². The summed E-state index contributed by atoms with van der Waals surface area (Å²) in [5.41, 5.74) is -1.94. The molecule has 0 spiro atoms. The predicted molar refractivity (Wildman–Crippen MR) is 94.1 cm³/mol. The van der Waals surface area contributed by atoms with Crippen LogP contribution in [0.25, 0.3) is 0 Å². The van der Waals surface area contributed by atoms with Gasteiger partial charge in [0.05, 0.1) is 5.41 Å². The van der Waals surface area contributed by atoms with Crippen LogP contribution in [-0.4, -0.2) is 29.9 Å². The highest BCUT2D eigenvalue weighted by Crippen LogP contribution is 2.62. The fourth-order valence-electron chi connectivity index (χ4n) is 3.44. The molecule has 1 rings (SSSR count). The Morgan fingerprint density at radius 2 is 1.57 bits per heavy atom. The zero-order chi connectivity index (χ0) is 17.5. The lowest BCUT2D eigenvalue weighted by Gasteiger charge is -2.33. The Labute approximate surface area is 139 Å². The number of ether oxygens (including phenoxy) is 1. The number of cyclic esters (lactones) is 2. The van der Waals surface area contributed by atoms with Gasteiger partial charge in [-0.25, -0.2) is 0 Å². The number of hydrogen-bond donors (Lipinski definition) is 0. The first-order chi connectivity index (χ1) is 10.9. The molecule has 1 fully saturated rings. The van der Waals surface area contributed by atoms with Crippen LogP contribution >= 0.6 is 7.14 Å². The summed E-state index contributed by atoms with van der Waals surface area (Å²) in [6.07, 6.45) is 8.17. The Bertz CT molecular complexity index is 487. The number of unbranched alkanes of at least 4 members (excludes halogenated alkanes) is 2. The molecule has 5 heteroatoms. The summed E-state index contributed by atoms with van der Waals surface area (Å²) in [6, 6.07) is 0. The summed E-state index contributed by atoms with van der Waals surface area (Å²) >= 11 is 0. The van der Waals surface area contributed by atoms with Crippen molar-refractivity contribution < 1.29 is 18.9 Å². The zero-order valence-electron chi connectivity index (χ0n) is 14.4. The van der Waals surface area contributed by atoms with Gasteiger partial charge in [0.1, 0.15) is 12.8 Å². The molecule has 1 unspecified atom stereocenters. The second kappa shape index (κ2) is 8.63. The number of carbonyl (C=O) groups is 2. The van der Waals surface area contributed by atoms with Gasteiger partial charge in [-0.05, 0) is 25.7 Å². The minimum Gasteiger partial charge on any atom is -0.392 e. The van der Waals surface area contributed by atoms with Crippen molar-refractivity contribution in [3.05, 3.63) is 25.3 Å². The van der Waals surface area contributed by atoms with Gasteiger partial charge in [0.2, 0.25) is 0 Å².